The van der Waals surface area contributed by atoms with Crippen LogP contribution in [0.25, 0.3) is 11.1 Å². The molecule has 0 unspecified atom stereocenters. The molecule has 1 aromatic carbocycles. The van der Waals surface area contributed by atoms with Gasteiger partial charge in [0.05, 0.1) is 13.1 Å². The third-order valence-electron chi connectivity index (χ3n) is 3.46. The Morgan fingerprint density at radius 3 is 2.65 bits per heavy atom. The number of hydrogen-bond acceptors (Lipinski definition) is 2. The van der Waals surface area contributed by atoms with Gasteiger partial charge in [0.2, 0.25) is 0 Å². The minimum Gasteiger partial charge on any atom is -0.348 e. The lowest BCUT2D eigenvalue weighted by atomic mass is 10.0. The van der Waals surface area contributed by atoms with Crippen LogP contribution >= 0.6 is 0 Å². The minimum atomic E-state index is -0.926. The Balaban J connectivity index is 1.96. The molecule has 104 valence electrons. The van der Waals surface area contributed by atoms with E-state index < -0.39 is 12.0 Å². The lowest BCUT2D eigenvalue weighted by molar-refractivity contribution is 0.271. The first-order valence-corrected chi connectivity index (χ1v) is 6.36. The highest BCUT2D eigenvalue weighted by molar-refractivity contribution is 5.66. The van der Waals surface area contributed by atoms with Gasteiger partial charge < -0.3 is 4.90 Å². The molecule has 1 aliphatic heterocycles. The molecular weight excluding hydrogens is 265 g/mol. The van der Waals surface area contributed by atoms with Crippen LogP contribution in [0, 0.1) is 18.6 Å². The quantitative estimate of drug-likeness (QED) is 0.836. The molecule has 0 spiro atoms. The molecule has 0 radical (unpaired) electrons. The normalized spacial score (nSPS) is 15.3. The number of pyridine rings is 1. The summed E-state index contributed by atoms with van der Waals surface area (Å²) in [4.78, 5) is 5.52. The van der Waals surface area contributed by atoms with Gasteiger partial charge in [0.1, 0.15) is 12.0 Å². The third-order valence-corrected chi connectivity index (χ3v) is 3.46. The van der Waals surface area contributed by atoms with Gasteiger partial charge in [0, 0.05) is 17.3 Å². The van der Waals surface area contributed by atoms with Gasteiger partial charge in [-0.05, 0) is 18.6 Å². The van der Waals surface area contributed by atoms with Crippen molar-refractivity contribution in [1.82, 2.24) is 4.98 Å². The number of hydrogen-bond donors (Lipinski definition) is 0. The van der Waals surface area contributed by atoms with Crippen LogP contribution in [0.2, 0.25) is 0 Å². The minimum absolute atomic E-state index is 0.121. The van der Waals surface area contributed by atoms with Crippen LogP contribution in [0.5, 0.6) is 0 Å². The molecule has 0 atom stereocenters. The number of aryl methyl sites for hydroxylation is 1. The number of halogens is 3. The van der Waals surface area contributed by atoms with Gasteiger partial charge in [-0.15, -0.1) is 0 Å². The lowest BCUT2D eigenvalue weighted by Crippen LogP contribution is -2.49. The number of anilines is 1. The molecule has 1 fully saturated rings. The standard InChI is InChI=1S/C15H13F3N2/c1-9-3-2-4-12(14(9)18)10-5-13(17)15(19-6-10)20-7-11(16)8-20/h2-6,11H,7-8H2,1H3. The van der Waals surface area contributed by atoms with E-state index in [2.05, 4.69) is 4.98 Å². The van der Waals surface area contributed by atoms with E-state index in [1.807, 2.05) is 0 Å². The summed E-state index contributed by atoms with van der Waals surface area (Å²) in [5, 5.41) is 0. The smallest absolute Gasteiger partial charge is 0.166 e. The summed E-state index contributed by atoms with van der Waals surface area (Å²) < 4.78 is 40.8. The van der Waals surface area contributed by atoms with Crippen molar-refractivity contribution < 1.29 is 13.2 Å². The Hall–Kier alpha value is -2.04. The summed E-state index contributed by atoms with van der Waals surface area (Å²) in [7, 11) is 0. The highest BCUT2D eigenvalue weighted by Gasteiger charge is 2.29. The molecular formula is C15H13F3N2. The number of aromatic nitrogens is 1. The van der Waals surface area contributed by atoms with E-state index in [1.165, 1.54) is 17.2 Å². The van der Waals surface area contributed by atoms with Gasteiger partial charge in [-0.3, -0.25) is 0 Å². The molecule has 2 heterocycles. The van der Waals surface area contributed by atoms with Gasteiger partial charge in [-0.1, -0.05) is 18.2 Å². The lowest BCUT2D eigenvalue weighted by Gasteiger charge is -2.35. The number of nitrogens with zero attached hydrogens (tertiary/aromatic N) is 2. The summed E-state index contributed by atoms with van der Waals surface area (Å²) in [6.07, 6.45) is 0.493. The fraction of sp³-hybridized carbons (Fsp3) is 0.267. The predicted octanol–water partition coefficient (Wildman–Crippen LogP) is 3.49. The molecule has 0 N–H and O–H groups in total. The van der Waals surface area contributed by atoms with Crippen LogP contribution in [0.1, 0.15) is 5.56 Å². The maximum atomic E-state index is 14.0. The number of alkyl halides is 1. The predicted molar refractivity (Wildman–Crippen MR) is 71.4 cm³/mol. The van der Waals surface area contributed by atoms with Crippen molar-refractivity contribution in [3.63, 3.8) is 0 Å². The highest BCUT2D eigenvalue weighted by Crippen LogP contribution is 2.29. The summed E-state index contributed by atoms with van der Waals surface area (Å²) in [6.45, 7) is 1.96. The van der Waals surface area contributed by atoms with E-state index >= 15 is 0 Å². The van der Waals surface area contributed by atoms with Gasteiger partial charge >= 0.3 is 0 Å². The molecule has 2 aromatic rings. The van der Waals surface area contributed by atoms with E-state index in [-0.39, 0.29) is 24.7 Å². The summed E-state index contributed by atoms with van der Waals surface area (Å²) in [6, 6.07) is 6.19. The zero-order valence-corrected chi connectivity index (χ0v) is 10.9. The molecule has 0 bridgehead atoms. The van der Waals surface area contributed by atoms with Crippen LogP contribution in [0.4, 0.5) is 19.0 Å². The van der Waals surface area contributed by atoms with E-state index in [9.17, 15) is 13.2 Å². The molecule has 0 saturated carbocycles. The second-order valence-corrected chi connectivity index (χ2v) is 4.97. The van der Waals surface area contributed by atoms with Crippen molar-refractivity contribution in [2.75, 3.05) is 18.0 Å². The molecule has 1 aromatic heterocycles. The Labute approximate surface area is 114 Å². The van der Waals surface area contributed by atoms with Crippen LogP contribution in [-0.4, -0.2) is 24.2 Å². The van der Waals surface area contributed by atoms with E-state index in [1.54, 1.807) is 25.1 Å². The molecule has 3 rings (SSSR count). The fourth-order valence-corrected chi connectivity index (χ4v) is 2.28. The zero-order chi connectivity index (χ0) is 14.3. The molecule has 5 heteroatoms. The van der Waals surface area contributed by atoms with E-state index in [0.29, 0.717) is 16.7 Å². The molecule has 0 aliphatic carbocycles. The third kappa shape index (κ3) is 2.13. The van der Waals surface area contributed by atoms with Crippen molar-refractivity contribution in [1.29, 1.82) is 0 Å². The van der Waals surface area contributed by atoms with Gasteiger partial charge in [0.25, 0.3) is 0 Å². The maximum Gasteiger partial charge on any atom is 0.166 e. The Kier molecular flexibility index (Phi) is 3.12. The number of benzene rings is 1. The highest BCUT2D eigenvalue weighted by atomic mass is 19.1. The Morgan fingerprint density at radius 1 is 1.25 bits per heavy atom. The van der Waals surface area contributed by atoms with E-state index in [4.69, 9.17) is 0 Å². The Morgan fingerprint density at radius 2 is 2.00 bits per heavy atom. The first kappa shape index (κ1) is 13.0. The number of rotatable bonds is 2. The fourth-order valence-electron chi connectivity index (χ4n) is 2.28. The Bertz CT molecular complexity index is 652. The monoisotopic (exact) mass is 278 g/mol. The van der Waals surface area contributed by atoms with Crippen LogP contribution in [0.3, 0.4) is 0 Å². The van der Waals surface area contributed by atoms with Crippen molar-refractivity contribution in [3.8, 4) is 11.1 Å². The second-order valence-electron chi connectivity index (χ2n) is 4.97. The first-order chi connectivity index (χ1) is 9.56. The SMILES string of the molecule is Cc1cccc(-c2cnc(N3CC(F)C3)c(F)c2)c1F. The average molecular weight is 278 g/mol. The van der Waals surface area contributed by atoms with Crippen molar-refractivity contribution in [2.45, 2.75) is 13.1 Å². The largest absolute Gasteiger partial charge is 0.348 e. The van der Waals surface area contributed by atoms with Crippen molar-refractivity contribution in [3.05, 3.63) is 47.7 Å². The molecule has 1 saturated heterocycles. The summed E-state index contributed by atoms with van der Waals surface area (Å²) in [5.74, 6) is -0.819. The first-order valence-electron chi connectivity index (χ1n) is 6.36. The molecule has 20 heavy (non-hydrogen) atoms. The zero-order valence-electron chi connectivity index (χ0n) is 10.9. The summed E-state index contributed by atoms with van der Waals surface area (Å²) >= 11 is 0. The summed E-state index contributed by atoms with van der Waals surface area (Å²) in [5.41, 5.74) is 1.19. The van der Waals surface area contributed by atoms with Crippen LogP contribution in [-0.2, 0) is 0 Å². The van der Waals surface area contributed by atoms with Gasteiger partial charge in [-0.25, -0.2) is 18.2 Å². The van der Waals surface area contributed by atoms with Crippen molar-refractivity contribution >= 4 is 5.82 Å². The average Bonchev–Trinajstić information content (AvgIpc) is 2.39. The molecule has 1 aliphatic rings. The van der Waals surface area contributed by atoms with Crippen LogP contribution < -0.4 is 4.90 Å². The topological polar surface area (TPSA) is 16.1 Å². The maximum absolute atomic E-state index is 14.0. The van der Waals surface area contributed by atoms with Crippen molar-refractivity contribution in [2.24, 2.45) is 0 Å². The van der Waals surface area contributed by atoms with Gasteiger partial charge in [0.15, 0.2) is 11.6 Å². The second kappa shape index (κ2) is 4.81. The molecule has 0 amide bonds. The van der Waals surface area contributed by atoms with Crippen LogP contribution in [0.15, 0.2) is 30.5 Å². The van der Waals surface area contributed by atoms with E-state index in [0.717, 1.165) is 0 Å². The van der Waals surface area contributed by atoms with Gasteiger partial charge in [-0.2, -0.15) is 0 Å². The molecule has 2 nitrogen and oxygen atoms in total.